The van der Waals surface area contributed by atoms with E-state index in [9.17, 15) is 9.59 Å². The molecule has 0 bridgehead atoms. The van der Waals surface area contributed by atoms with Crippen LogP contribution in [0, 0.1) is 0 Å². The van der Waals surface area contributed by atoms with Gasteiger partial charge in [0.05, 0.1) is 11.4 Å². The lowest BCUT2D eigenvalue weighted by molar-refractivity contribution is -0.124. The highest BCUT2D eigenvalue weighted by Gasteiger charge is 2.21. The first kappa shape index (κ1) is 18.6. The molecule has 1 N–H and O–H groups in total. The lowest BCUT2D eigenvalue weighted by Crippen LogP contribution is -2.38. The maximum atomic E-state index is 12.5. The van der Waals surface area contributed by atoms with E-state index in [1.807, 2.05) is 35.7 Å². The Balaban J connectivity index is 1.35. The van der Waals surface area contributed by atoms with Crippen molar-refractivity contribution in [2.75, 3.05) is 6.54 Å². The number of aryl methyl sites for hydroxylation is 2. The molecule has 2 heterocycles. The third-order valence-corrected chi connectivity index (χ3v) is 5.92. The molecule has 0 saturated heterocycles. The maximum absolute atomic E-state index is 12.5. The number of amides is 1. The zero-order valence-electron chi connectivity index (χ0n) is 15.7. The predicted octanol–water partition coefficient (Wildman–Crippen LogP) is 2.78. The molecule has 1 unspecified atom stereocenters. The average molecular weight is 395 g/mol. The van der Waals surface area contributed by atoms with Gasteiger partial charge in [-0.15, -0.1) is 11.3 Å². The number of nitrogens with zero attached hydrogens (tertiary/aromatic N) is 3. The number of aromatic nitrogens is 3. The highest BCUT2D eigenvalue weighted by Crippen LogP contribution is 2.23. The summed E-state index contributed by atoms with van der Waals surface area (Å²) in [4.78, 5) is 29.4. The third-order valence-electron chi connectivity index (χ3n) is 4.98. The first-order valence-electron chi connectivity index (χ1n) is 9.51. The number of rotatable bonds is 6. The number of carbonyl (C=O) groups excluding carboxylic acids is 1. The van der Waals surface area contributed by atoms with Gasteiger partial charge in [0.25, 0.3) is 5.56 Å². The summed E-state index contributed by atoms with van der Waals surface area (Å²) in [5.41, 5.74) is 3.79. The third kappa shape index (κ3) is 3.89. The molecule has 1 aliphatic carbocycles. The molecule has 28 heavy (non-hydrogen) atoms. The van der Waals surface area contributed by atoms with Gasteiger partial charge in [0.1, 0.15) is 11.0 Å². The van der Waals surface area contributed by atoms with Crippen LogP contribution >= 0.6 is 11.3 Å². The average Bonchev–Trinajstić information content (AvgIpc) is 3.36. The van der Waals surface area contributed by atoms with Crippen LogP contribution in [0.4, 0.5) is 0 Å². The maximum Gasteiger partial charge on any atom is 0.267 e. The normalized spacial score (nSPS) is 13.9. The van der Waals surface area contributed by atoms with Gasteiger partial charge in [-0.1, -0.05) is 30.3 Å². The zero-order chi connectivity index (χ0) is 19.5. The molecule has 3 aromatic rings. The Kier molecular flexibility index (Phi) is 5.34. The van der Waals surface area contributed by atoms with E-state index in [1.54, 1.807) is 24.3 Å². The highest BCUT2D eigenvalue weighted by molar-refractivity contribution is 7.13. The summed E-state index contributed by atoms with van der Waals surface area (Å²) in [7, 11) is 0. The van der Waals surface area contributed by atoms with Crippen molar-refractivity contribution < 1.29 is 4.79 Å². The quantitative estimate of drug-likeness (QED) is 0.697. The molecular weight excluding hydrogens is 372 g/mol. The fourth-order valence-electron chi connectivity index (χ4n) is 3.40. The van der Waals surface area contributed by atoms with Gasteiger partial charge in [-0.2, -0.15) is 5.10 Å². The molecule has 0 aliphatic heterocycles. The second-order valence-electron chi connectivity index (χ2n) is 6.98. The summed E-state index contributed by atoms with van der Waals surface area (Å²) in [6, 6.07) is 11.0. The van der Waals surface area contributed by atoms with Gasteiger partial charge in [0, 0.05) is 30.0 Å². The van der Waals surface area contributed by atoms with Crippen molar-refractivity contribution in [1.82, 2.24) is 20.1 Å². The van der Waals surface area contributed by atoms with Crippen molar-refractivity contribution in [2.45, 2.75) is 38.6 Å². The molecule has 2 aromatic heterocycles. The van der Waals surface area contributed by atoms with E-state index >= 15 is 0 Å². The molecule has 1 amide bonds. The predicted molar refractivity (Wildman–Crippen MR) is 109 cm³/mol. The van der Waals surface area contributed by atoms with E-state index in [2.05, 4.69) is 15.4 Å². The minimum Gasteiger partial charge on any atom is -0.354 e. The zero-order valence-corrected chi connectivity index (χ0v) is 16.5. The summed E-state index contributed by atoms with van der Waals surface area (Å²) in [5, 5.41) is 10.3. The Hall–Kier alpha value is -2.80. The van der Waals surface area contributed by atoms with Crippen LogP contribution in [-0.4, -0.2) is 27.2 Å². The second kappa shape index (κ2) is 8.06. The molecule has 1 aliphatic rings. The van der Waals surface area contributed by atoms with Gasteiger partial charge in [-0.3, -0.25) is 9.59 Å². The van der Waals surface area contributed by atoms with E-state index in [0.717, 1.165) is 46.8 Å². The van der Waals surface area contributed by atoms with Crippen molar-refractivity contribution in [2.24, 2.45) is 0 Å². The SMILES string of the molecule is CC(C(=O)NCCc1csc(-c2ccccc2)n1)n1nc2c(cc1=O)CCC2. The monoisotopic (exact) mass is 394 g/mol. The smallest absolute Gasteiger partial charge is 0.267 e. The summed E-state index contributed by atoms with van der Waals surface area (Å²) in [5.74, 6) is -0.203. The van der Waals surface area contributed by atoms with Gasteiger partial charge in [0.15, 0.2) is 0 Å². The number of nitrogens with one attached hydrogen (secondary N) is 1. The molecule has 0 spiro atoms. The highest BCUT2D eigenvalue weighted by atomic mass is 32.1. The Morgan fingerprint density at radius 3 is 2.93 bits per heavy atom. The van der Waals surface area contributed by atoms with Crippen LogP contribution < -0.4 is 10.9 Å². The number of carbonyl (C=O) groups is 1. The van der Waals surface area contributed by atoms with Crippen molar-refractivity contribution in [1.29, 1.82) is 0 Å². The lowest BCUT2D eigenvalue weighted by Gasteiger charge is -2.14. The van der Waals surface area contributed by atoms with Gasteiger partial charge in [-0.05, 0) is 31.7 Å². The van der Waals surface area contributed by atoms with Crippen LogP contribution in [0.15, 0.2) is 46.6 Å². The molecule has 0 radical (unpaired) electrons. The number of fused-ring (bicyclic) bond motifs is 1. The van der Waals surface area contributed by atoms with E-state index < -0.39 is 6.04 Å². The Labute approximate surface area is 167 Å². The van der Waals surface area contributed by atoms with Crippen molar-refractivity contribution in [3.63, 3.8) is 0 Å². The molecule has 0 saturated carbocycles. The van der Waals surface area contributed by atoms with Crippen molar-refractivity contribution >= 4 is 17.2 Å². The first-order chi connectivity index (χ1) is 13.6. The molecule has 4 rings (SSSR count). The Morgan fingerprint density at radius 1 is 1.29 bits per heavy atom. The van der Waals surface area contributed by atoms with Crippen LogP contribution in [-0.2, 0) is 24.1 Å². The fraction of sp³-hybridized carbons (Fsp3) is 0.333. The molecule has 7 heteroatoms. The van der Waals surface area contributed by atoms with E-state index in [4.69, 9.17) is 0 Å². The van der Waals surface area contributed by atoms with E-state index in [0.29, 0.717) is 13.0 Å². The van der Waals surface area contributed by atoms with Gasteiger partial charge in [0.2, 0.25) is 5.91 Å². The first-order valence-corrected chi connectivity index (χ1v) is 10.4. The molecule has 144 valence electrons. The molecule has 1 atom stereocenters. The van der Waals surface area contributed by atoms with E-state index in [-0.39, 0.29) is 11.5 Å². The molecule has 6 nitrogen and oxygen atoms in total. The van der Waals surface area contributed by atoms with Gasteiger partial charge < -0.3 is 5.32 Å². The Bertz CT molecular complexity index is 1040. The topological polar surface area (TPSA) is 76.9 Å². The Morgan fingerprint density at radius 2 is 2.11 bits per heavy atom. The largest absolute Gasteiger partial charge is 0.354 e. The van der Waals surface area contributed by atoms with Crippen LogP contribution in [0.3, 0.4) is 0 Å². The van der Waals surface area contributed by atoms with E-state index in [1.165, 1.54) is 4.68 Å². The summed E-state index contributed by atoms with van der Waals surface area (Å²) in [6.07, 6.45) is 3.44. The standard InChI is InChI=1S/C21H22N4O2S/c1-14(25-19(26)12-16-8-5-9-18(16)24-25)20(27)22-11-10-17-13-28-21(23-17)15-6-3-2-4-7-15/h2-4,6-7,12-14H,5,8-11H2,1H3,(H,22,27). The second-order valence-corrected chi connectivity index (χ2v) is 7.84. The summed E-state index contributed by atoms with van der Waals surface area (Å²) in [6.45, 7) is 2.18. The van der Waals surface area contributed by atoms with Crippen LogP contribution in [0.5, 0.6) is 0 Å². The van der Waals surface area contributed by atoms with Crippen molar-refractivity contribution in [3.8, 4) is 10.6 Å². The fourth-order valence-corrected chi connectivity index (χ4v) is 4.26. The number of hydrogen-bond donors (Lipinski definition) is 1. The molecule has 0 fully saturated rings. The van der Waals surface area contributed by atoms with Crippen LogP contribution in [0.1, 0.15) is 36.3 Å². The molecular formula is C21H22N4O2S. The number of benzene rings is 1. The summed E-state index contributed by atoms with van der Waals surface area (Å²) >= 11 is 1.60. The minimum absolute atomic E-state index is 0.203. The number of thiazole rings is 1. The van der Waals surface area contributed by atoms with Gasteiger partial charge in [-0.25, -0.2) is 9.67 Å². The molecule has 1 aromatic carbocycles. The van der Waals surface area contributed by atoms with Crippen molar-refractivity contribution in [3.05, 3.63) is 69.1 Å². The minimum atomic E-state index is -0.631. The summed E-state index contributed by atoms with van der Waals surface area (Å²) < 4.78 is 1.30. The lowest BCUT2D eigenvalue weighted by atomic mass is 10.2. The van der Waals surface area contributed by atoms with Gasteiger partial charge >= 0.3 is 0 Å². The van der Waals surface area contributed by atoms with Crippen LogP contribution in [0.2, 0.25) is 0 Å². The van der Waals surface area contributed by atoms with Crippen LogP contribution in [0.25, 0.3) is 10.6 Å². The number of hydrogen-bond acceptors (Lipinski definition) is 5.